The average molecular weight is 639 g/mol. The molecule has 232 valence electrons. The molecule has 2 aromatic carbocycles. The Labute approximate surface area is 263 Å². The molecule has 0 unspecified atom stereocenters. The van der Waals surface area contributed by atoms with E-state index in [9.17, 15) is 19.2 Å². The van der Waals surface area contributed by atoms with Crippen molar-refractivity contribution in [3.8, 4) is 0 Å². The highest BCUT2D eigenvalue weighted by Crippen LogP contribution is 2.49. The number of amides is 4. The van der Waals surface area contributed by atoms with E-state index in [2.05, 4.69) is 13.8 Å². The number of fused-ring (bicyclic) bond motifs is 6. The van der Waals surface area contributed by atoms with E-state index in [-0.39, 0.29) is 66.3 Å². The third-order valence-electron chi connectivity index (χ3n) is 8.95. The molecule has 6 rings (SSSR count). The summed E-state index contributed by atoms with van der Waals surface area (Å²) in [4.78, 5) is 58.7. The molecule has 0 saturated heterocycles. The summed E-state index contributed by atoms with van der Waals surface area (Å²) in [5.74, 6) is -2.26. The number of rotatable bonds is 14. The van der Waals surface area contributed by atoms with E-state index in [1.165, 1.54) is 21.9 Å². The first-order valence-corrected chi connectivity index (χ1v) is 17.5. The van der Waals surface area contributed by atoms with Crippen LogP contribution in [0, 0.1) is 10.3 Å². The number of thiophene rings is 2. The fourth-order valence-corrected chi connectivity index (χ4v) is 8.66. The first kappa shape index (κ1) is 30.8. The lowest BCUT2D eigenvalue weighted by Crippen LogP contribution is -2.44. The molecule has 2 aliphatic heterocycles. The third-order valence-corrected chi connectivity index (χ3v) is 10.8. The summed E-state index contributed by atoms with van der Waals surface area (Å²) in [6.45, 7) is 4.63. The maximum absolute atomic E-state index is 15.0. The van der Waals surface area contributed by atoms with Crippen LogP contribution in [0.4, 0.5) is 8.78 Å². The summed E-state index contributed by atoms with van der Waals surface area (Å²) in [5, 5.41) is -0.289. The molecule has 4 amide bonds. The Morgan fingerprint density at radius 1 is 0.523 bits per heavy atom. The molecule has 0 bridgehead atoms. The number of nitrogens with zero attached hydrogens (tertiary/aromatic N) is 2. The molecule has 0 aliphatic carbocycles. The highest BCUT2D eigenvalue weighted by Gasteiger charge is 2.44. The minimum absolute atomic E-state index is 0.112. The summed E-state index contributed by atoms with van der Waals surface area (Å²) in [5.41, 5.74) is 0.462. The summed E-state index contributed by atoms with van der Waals surface area (Å²) in [6.07, 6.45) is 11.5. The van der Waals surface area contributed by atoms with Crippen LogP contribution < -0.4 is 0 Å². The molecule has 0 spiro atoms. The number of hydrogen-bond acceptors (Lipinski definition) is 6. The molecule has 6 nitrogen and oxygen atoms in total. The fraction of sp³-hybridized carbons (Fsp3) is 0.471. The van der Waals surface area contributed by atoms with Gasteiger partial charge in [-0.25, -0.2) is 0 Å². The second kappa shape index (κ2) is 12.6. The van der Waals surface area contributed by atoms with Crippen LogP contribution in [0.3, 0.4) is 0 Å². The minimum atomic E-state index is -0.571. The average Bonchev–Trinajstić information content (AvgIpc) is 3.57. The van der Waals surface area contributed by atoms with Gasteiger partial charge in [0.1, 0.15) is 0 Å². The van der Waals surface area contributed by atoms with Gasteiger partial charge in [0.15, 0.2) is 10.3 Å². The van der Waals surface area contributed by atoms with Gasteiger partial charge in [0.25, 0.3) is 23.6 Å². The van der Waals surface area contributed by atoms with Gasteiger partial charge in [-0.1, -0.05) is 78.1 Å². The van der Waals surface area contributed by atoms with Crippen LogP contribution in [0.2, 0.25) is 0 Å². The zero-order valence-electron chi connectivity index (χ0n) is 25.2. The molecule has 2 aliphatic rings. The van der Waals surface area contributed by atoms with Gasteiger partial charge in [-0.05, 0) is 25.0 Å². The Morgan fingerprint density at radius 3 is 1.25 bits per heavy atom. The normalized spacial score (nSPS) is 14.8. The summed E-state index contributed by atoms with van der Waals surface area (Å²) in [7, 11) is 0. The van der Waals surface area contributed by atoms with E-state index in [1.807, 2.05) is 0 Å². The molecule has 0 saturated carbocycles. The number of carbonyl (C=O) groups is 4. The Hall–Kier alpha value is -3.24. The molecular formula is C34H36F2N2O4S2. The third kappa shape index (κ3) is 5.04. The van der Waals surface area contributed by atoms with E-state index in [4.69, 9.17) is 0 Å². The Morgan fingerprint density at radius 2 is 0.864 bits per heavy atom. The van der Waals surface area contributed by atoms with E-state index in [1.54, 1.807) is 0 Å². The monoisotopic (exact) mass is 638 g/mol. The van der Waals surface area contributed by atoms with Crippen molar-refractivity contribution in [2.45, 2.75) is 90.9 Å². The predicted octanol–water partition coefficient (Wildman–Crippen LogP) is 9.46. The smallest absolute Gasteiger partial charge is 0.262 e. The maximum Gasteiger partial charge on any atom is 0.262 e. The van der Waals surface area contributed by atoms with Gasteiger partial charge in [0, 0.05) is 34.6 Å². The zero-order chi connectivity index (χ0) is 31.1. The molecule has 0 N–H and O–H groups in total. The van der Waals surface area contributed by atoms with Crippen molar-refractivity contribution in [1.82, 2.24) is 9.80 Å². The van der Waals surface area contributed by atoms with Crippen molar-refractivity contribution in [3.05, 3.63) is 44.6 Å². The topological polar surface area (TPSA) is 74.8 Å². The van der Waals surface area contributed by atoms with Crippen LogP contribution in [0.25, 0.3) is 30.9 Å². The molecular weight excluding hydrogens is 603 g/mol. The lowest BCUT2D eigenvalue weighted by atomic mass is 9.82. The quantitative estimate of drug-likeness (QED) is 0.102. The van der Waals surface area contributed by atoms with Crippen molar-refractivity contribution in [2.75, 3.05) is 13.1 Å². The van der Waals surface area contributed by atoms with Gasteiger partial charge < -0.3 is 0 Å². The van der Waals surface area contributed by atoms with Gasteiger partial charge in [-0.2, -0.15) is 8.78 Å². The summed E-state index contributed by atoms with van der Waals surface area (Å²) < 4.78 is 30.6. The number of unbranched alkanes of at least 4 members (excludes halogenated alkanes) is 10. The van der Waals surface area contributed by atoms with Gasteiger partial charge in [0.05, 0.1) is 31.7 Å². The number of halogens is 2. The zero-order valence-corrected chi connectivity index (χ0v) is 26.8. The lowest BCUT2D eigenvalue weighted by Gasteiger charge is -2.33. The second-order valence-corrected chi connectivity index (χ2v) is 13.9. The van der Waals surface area contributed by atoms with Crippen molar-refractivity contribution < 1.29 is 28.0 Å². The maximum atomic E-state index is 15.0. The molecule has 0 fully saturated rings. The van der Waals surface area contributed by atoms with Crippen LogP contribution in [0.5, 0.6) is 0 Å². The Balaban J connectivity index is 1.50. The van der Waals surface area contributed by atoms with E-state index >= 15 is 8.78 Å². The standard InChI is InChI=1S/C34H36F2N2O4S2/c1-3-5-7-9-11-13-15-37-31(39)23-19-17-21(35)44-30(19)28-26-24(20-18-22(36)43-29(20)27(25(23)26)33(37)41)32(40)38(34(28)42)16-14-12-10-8-6-4-2/h17-18H,3-16H2,1-2H3. The van der Waals surface area contributed by atoms with Gasteiger partial charge in [-0.3, -0.25) is 29.0 Å². The second-order valence-electron chi connectivity index (χ2n) is 11.9. The largest absolute Gasteiger partial charge is 0.274 e. The van der Waals surface area contributed by atoms with Crippen molar-refractivity contribution >= 4 is 77.2 Å². The summed E-state index contributed by atoms with van der Waals surface area (Å²) >= 11 is 1.51. The molecule has 0 radical (unpaired) electrons. The summed E-state index contributed by atoms with van der Waals surface area (Å²) in [6, 6.07) is 2.48. The fourth-order valence-electron chi connectivity index (χ4n) is 6.79. The van der Waals surface area contributed by atoms with Gasteiger partial charge in [-0.15, -0.1) is 22.7 Å². The van der Waals surface area contributed by atoms with Crippen molar-refractivity contribution in [1.29, 1.82) is 0 Å². The van der Waals surface area contributed by atoms with Gasteiger partial charge >= 0.3 is 0 Å². The van der Waals surface area contributed by atoms with Crippen LogP contribution in [0.1, 0.15) is 132 Å². The van der Waals surface area contributed by atoms with Crippen LogP contribution in [-0.2, 0) is 0 Å². The van der Waals surface area contributed by atoms with Crippen LogP contribution in [-0.4, -0.2) is 46.5 Å². The lowest BCUT2D eigenvalue weighted by molar-refractivity contribution is 0.0590. The van der Waals surface area contributed by atoms with E-state index in [0.717, 1.165) is 86.9 Å². The van der Waals surface area contributed by atoms with Crippen molar-refractivity contribution in [3.63, 3.8) is 0 Å². The molecule has 4 heterocycles. The number of imide groups is 2. The number of carbonyl (C=O) groups excluding carboxylic acids is 4. The Kier molecular flexibility index (Phi) is 8.84. The molecule has 44 heavy (non-hydrogen) atoms. The van der Waals surface area contributed by atoms with Crippen LogP contribution >= 0.6 is 22.7 Å². The first-order valence-electron chi connectivity index (χ1n) is 15.9. The molecule has 0 atom stereocenters. The highest BCUT2D eigenvalue weighted by atomic mass is 32.1. The van der Waals surface area contributed by atoms with E-state index in [0.29, 0.717) is 12.8 Å². The van der Waals surface area contributed by atoms with Crippen molar-refractivity contribution in [2.24, 2.45) is 0 Å². The number of hydrogen-bond donors (Lipinski definition) is 0. The molecule has 10 heteroatoms. The molecule has 2 aromatic heterocycles. The first-order chi connectivity index (χ1) is 21.3. The van der Waals surface area contributed by atoms with Gasteiger partial charge in [0.2, 0.25) is 0 Å². The van der Waals surface area contributed by atoms with E-state index < -0.39 is 33.9 Å². The van der Waals surface area contributed by atoms with Crippen LogP contribution in [0.15, 0.2) is 12.1 Å². The minimum Gasteiger partial charge on any atom is -0.274 e. The SMILES string of the molecule is CCCCCCCCN1C(=O)c2c3cc(F)sc3c3c4c(c5cc(F)sc5c(c24)C1=O)C(=O)N(CCCCCCCC)C3=O. The molecule has 4 aromatic rings. The predicted molar refractivity (Wildman–Crippen MR) is 172 cm³/mol. The number of benzene rings is 2. The Bertz CT molecular complexity index is 1590. The highest BCUT2D eigenvalue weighted by molar-refractivity contribution is 7.18.